The second-order valence-corrected chi connectivity index (χ2v) is 5.79. The van der Waals surface area contributed by atoms with Gasteiger partial charge in [0.25, 0.3) is 0 Å². The molecule has 0 spiro atoms. The summed E-state index contributed by atoms with van der Waals surface area (Å²) in [6, 6.07) is 10.3. The zero-order valence-electron chi connectivity index (χ0n) is 13.1. The number of nitrogens with one attached hydrogen (secondary N) is 1. The molecule has 1 atom stereocenters. The zero-order chi connectivity index (χ0) is 17.4. The number of aromatic carboxylic acids is 1. The molecule has 7 nitrogen and oxygen atoms in total. The highest BCUT2D eigenvalue weighted by Gasteiger charge is 2.31. The van der Waals surface area contributed by atoms with Crippen molar-refractivity contribution in [1.82, 2.24) is 14.5 Å². The number of amides is 1. The lowest BCUT2D eigenvalue weighted by atomic mass is 9.89. The van der Waals surface area contributed by atoms with Gasteiger partial charge in [-0.05, 0) is 29.8 Å². The van der Waals surface area contributed by atoms with E-state index in [0.717, 1.165) is 16.9 Å². The summed E-state index contributed by atoms with van der Waals surface area (Å²) in [5, 5.41) is 11.9. The summed E-state index contributed by atoms with van der Waals surface area (Å²) < 4.78 is 1.79. The highest BCUT2D eigenvalue weighted by molar-refractivity contribution is 5.94. The smallest absolute Gasteiger partial charge is 0.335 e. The largest absolute Gasteiger partial charge is 0.478 e. The number of carbonyl (C=O) groups is 2. The molecule has 1 aliphatic heterocycles. The first-order valence-electron chi connectivity index (χ1n) is 7.74. The minimum Gasteiger partial charge on any atom is -0.478 e. The normalized spacial score (nSPS) is 16.2. The number of benzene rings is 1. The molecule has 1 aliphatic rings. The molecule has 2 N–H and O–H groups in total. The Bertz CT molecular complexity index is 948. The van der Waals surface area contributed by atoms with Crippen molar-refractivity contribution in [2.75, 3.05) is 5.32 Å². The van der Waals surface area contributed by atoms with E-state index < -0.39 is 5.97 Å². The van der Waals surface area contributed by atoms with E-state index in [1.165, 1.54) is 0 Å². The molecule has 0 aliphatic carbocycles. The second-order valence-electron chi connectivity index (χ2n) is 5.79. The van der Waals surface area contributed by atoms with E-state index in [0.29, 0.717) is 5.82 Å². The van der Waals surface area contributed by atoms with Gasteiger partial charge >= 0.3 is 5.97 Å². The molecule has 0 saturated heterocycles. The van der Waals surface area contributed by atoms with Crippen molar-refractivity contribution >= 4 is 17.7 Å². The van der Waals surface area contributed by atoms with Crippen LogP contribution in [0.4, 0.5) is 5.82 Å². The highest BCUT2D eigenvalue weighted by atomic mass is 16.4. The van der Waals surface area contributed by atoms with Gasteiger partial charge in [0, 0.05) is 18.5 Å². The molecule has 3 aromatic rings. The van der Waals surface area contributed by atoms with Crippen LogP contribution in [0.5, 0.6) is 0 Å². The van der Waals surface area contributed by atoms with E-state index in [4.69, 9.17) is 5.11 Å². The van der Waals surface area contributed by atoms with E-state index in [2.05, 4.69) is 15.3 Å². The van der Waals surface area contributed by atoms with Gasteiger partial charge in [0.15, 0.2) is 0 Å². The standard InChI is InChI=1S/C18H14N4O3/c23-15-8-14(11-3-5-12(6-4-11)18(24)25)16-17(21-15)22(10-20-16)13-2-1-7-19-9-13/h1-7,9-10,14H,8H2,(H,21,23)(H,24,25)/t14-/m1/s1. The van der Waals surface area contributed by atoms with Gasteiger partial charge in [-0.1, -0.05) is 12.1 Å². The van der Waals surface area contributed by atoms with Crippen LogP contribution in [-0.4, -0.2) is 31.5 Å². The Labute approximate surface area is 143 Å². The molecule has 25 heavy (non-hydrogen) atoms. The average Bonchev–Trinajstić information content (AvgIpc) is 3.05. The van der Waals surface area contributed by atoms with Gasteiger partial charge in [0.2, 0.25) is 5.91 Å². The van der Waals surface area contributed by atoms with Crippen LogP contribution < -0.4 is 5.32 Å². The van der Waals surface area contributed by atoms with Crippen LogP contribution in [0, 0.1) is 0 Å². The summed E-state index contributed by atoms with van der Waals surface area (Å²) in [4.78, 5) is 31.8. The van der Waals surface area contributed by atoms with Crippen LogP contribution in [-0.2, 0) is 4.79 Å². The van der Waals surface area contributed by atoms with E-state index >= 15 is 0 Å². The number of carboxylic acid groups (broad SMARTS) is 1. The van der Waals surface area contributed by atoms with E-state index in [1.807, 2.05) is 12.1 Å². The summed E-state index contributed by atoms with van der Waals surface area (Å²) in [5.41, 5.74) is 2.63. The number of imidazole rings is 1. The molecule has 0 radical (unpaired) electrons. The Morgan fingerprint density at radius 2 is 2.04 bits per heavy atom. The number of nitrogens with zero attached hydrogens (tertiary/aromatic N) is 3. The molecular formula is C18H14N4O3. The zero-order valence-corrected chi connectivity index (χ0v) is 13.1. The lowest BCUT2D eigenvalue weighted by Gasteiger charge is -2.23. The number of aromatic nitrogens is 3. The van der Waals surface area contributed by atoms with Gasteiger partial charge < -0.3 is 10.4 Å². The fourth-order valence-electron chi connectivity index (χ4n) is 3.03. The quantitative estimate of drug-likeness (QED) is 0.767. The van der Waals surface area contributed by atoms with Gasteiger partial charge in [-0.25, -0.2) is 9.78 Å². The number of carbonyl (C=O) groups excluding carboxylic acids is 1. The number of carboxylic acids is 1. The lowest BCUT2D eigenvalue weighted by Crippen LogP contribution is -2.25. The molecule has 0 saturated carbocycles. The van der Waals surface area contributed by atoms with Crippen molar-refractivity contribution in [1.29, 1.82) is 0 Å². The van der Waals surface area contributed by atoms with Gasteiger partial charge in [-0.15, -0.1) is 0 Å². The minimum absolute atomic E-state index is 0.106. The Hall–Kier alpha value is -3.48. The molecular weight excluding hydrogens is 320 g/mol. The topological polar surface area (TPSA) is 97.1 Å². The fourth-order valence-corrected chi connectivity index (χ4v) is 3.03. The maximum atomic E-state index is 12.2. The molecule has 0 unspecified atom stereocenters. The van der Waals surface area contributed by atoms with Crippen LogP contribution in [0.2, 0.25) is 0 Å². The van der Waals surface area contributed by atoms with Crippen molar-refractivity contribution in [3.63, 3.8) is 0 Å². The van der Waals surface area contributed by atoms with Gasteiger partial charge in [-0.2, -0.15) is 0 Å². The summed E-state index contributed by atoms with van der Waals surface area (Å²) in [5.74, 6) is -0.680. The molecule has 1 amide bonds. The van der Waals surface area contributed by atoms with Crippen molar-refractivity contribution in [3.8, 4) is 5.69 Å². The summed E-state index contributed by atoms with van der Waals surface area (Å²) in [7, 11) is 0. The molecule has 124 valence electrons. The van der Waals surface area contributed by atoms with E-state index in [9.17, 15) is 9.59 Å². The third kappa shape index (κ3) is 2.65. The maximum Gasteiger partial charge on any atom is 0.335 e. The minimum atomic E-state index is -0.977. The van der Waals surface area contributed by atoms with Crippen LogP contribution in [0.1, 0.15) is 34.0 Å². The first-order valence-corrected chi connectivity index (χ1v) is 7.74. The SMILES string of the molecule is O=C1C[C@H](c2ccc(C(=O)O)cc2)c2ncn(-c3cccnc3)c2N1. The van der Waals surface area contributed by atoms with E-state index in [-0.39, 0.29) is 23.8 Å². The number of fused-ring (bicyclic) bond motifs is 1. The van der Waals surface area contributed by atoms with Gasteiger partial charge in [0.1, 0.15) is 12.1 Å². The van der Waals surface area contributed by atoms with Crippen molar-refractivity contribution < 1.29 is 14.7 Å². The van der Waals surface area contributed by atoms with Gasteiger partial charge in [-0.3, -0.25) is 14.3 Å². The molecule has 3 heterocycles. The number of hydrogen-bond donors (Lipinski definition) is 2. The van der Waals surface area contributed by atoms with E-state index in [1.54, 1.807) is 47.6 Å². The van der Waals surface area contributed by atoms with Crippen LogP contribution in [0.3, 0.4) is 0 Å². The fraction of sp³-hybridized carbons (Fsp3) is 0.111. The van der Waals surface area contributed by atoms with Crippen LogP contribution >= 0.6 is 0 Å². The average molecular weight is 334 g/mol. The lowest BCUT2D eigenvalue weighted by molar-refractivity contribution is -0.116. The first-order chi connectivity index (χ1) is 12.1. The molecule has 1 aromatic carbocycles. The number of anilines is 1. The number of hydrogen-bond acceptors (Lipinski definition) is 4. The maximum absolute atomic E-state index is 12.2. The summed E-state index contributed by atoms with van der Waals surface area (Å²) >= 11 is 0. The Morgan fingerprint density at radius 1 is 1.24 bits per heavy atom. The third-order valence-corrected chi connectivity index (χ3v) is 4.26. The first kappa shape index (κ1) is 15.1. The predicted octanol–water partition coefficient (Wildman–Crippen LogP) is 2.44. The molecule has 2 aromatic heterocycles. The predicted molar refractivity (Wildman–Crippen MR) is 89.9 cm³/mol. The summed E-state index contributed by atoms with van der Waals surface area (Å²) in [6.45, 7) is 0. The Balaban J connectivity index is 1.77. The van der Waals surface area contributed by atoms with Crippen molar-refractivity contribution in [2.24, 2.45) is 0 Å². The second kappa shape index (κ2) is 5.86. The van der Waals surface area contributed by atoms with Crippen LogP contribution in [0.15, 0.2) is 55.1 Å². The molecule has 7 heteroatoms. The third-order valence-electron chi connectivity index (χ3n) is 4.26. The monoisotopic (exact) mass is 334 g/mol. The van der Waals surface area contributed by atoms with Crippen molar-refractivity contribution in [3.05, 3.63) is 71.9 Å². The van der Waals surface area contributed by atoms with Crippen LogP contribution in [0.25, 0.3) is 5.69 Å². The number of rotatable bonds is 3. The van der Waals surface area contributed by atoms with Crippen molar-refractivity contribution in [2.45, 2.75) is 12.3 Å². The molecule has 0 bridgehead atoms. The summed E-state index contributed by atoms with van der Waals surface area (Å²) in [6.07, 6.45) is 5.30. The number of pyridine rings is 1. The Kier molecular flexibility index (Phi) is 3.53. The Morgan fingerprint density at radius 3 is 2.72 bits per heavy atom. The molecule has 4 rings (SSSR count). The molecule has 0 fully saturated rings. The van der Waals surface area contributed by atoms with Gasteiger partial charge in [0.05, 0.1) is 23.1 Å². The highest BCUT2D eigenvalue weighted by Crippen LogP contribution is 2.37.